The first-order valence-electron chi connectivity index (χ1n) is 7.99. The molecule has 1 saturated carbocycles. The zero-order valence-electron chi connectivity index (χ0n) is 13.6. The number of piperidine rings is 1. The summed E-state index contributed by atoms with van der Waals surface area (Å²) in [6.45, 7) is 5.11. The van der Waals surface area contributed by atoms with Crippen LogP contribution in [0.4, 0.5) is 0 Å². The molecule has 0 N–H and O–H groups in total. The fourth-order valence-corrected chi connectivity index (χ4v) is 7.36. The van der Waals surface area contributed by atoms with Crippen LogP contribution in [0.5, 0.6) is 0 Å². The number of nitrogens with zero attached hydrogens (tertiary/aromatic N) is 1. The normalized spacial score (nSPS) is 30.2. The Kier molecular flexibility index (Phi) is 4.40. The minimum Gasteiger partial charge on any atom is -0.381 e. The topological polar surface area (TPSA) is 46.6 Å². The maximum absolute atomic E-state index is 13.0. The van der Waals surface area contributed by atoms with Gasteiger partial charge in [-0.1, -0.05) is 6.42 Å². The minimum atomic E-state index is -3.38. The molecule has 4 nitrogen and oxygen atoms in total. The molecule has 0 amide bonds. The molecule has 2 atom stereocenters. The molecular formula is C16H25NO3S2. The third-order valence-corrected chi connectivity index (χ3v) is 8.36. The second-order valence-corrected chi connectivity index (χ2v) is 10.1. The van der Waals surface area contributed by atoms with Crippen LogP contribution in [0.1, 0.15) is 41.9 Å². The summed E-state index contributed by atoms with van der Waals surface area (Å²) >= 11 is 1.56. The molecule has 0 bridgehead atoms. The van der Waals surface area contributed by atoms with Crippen LogP contribution in [-0.4, -0.2) is 39.0 Å². The van der Waals surface area contributed by atoms with Gasteiger partial charge in [-0.25, -0.2) is 8.42 Å². The Bertz CT molecular complexity index is 652. The molecule has 3 rings (SSSR count). The van der Waals surface area contributed by atoms with E-state index >= 15 is 0 Å². The van der Waals surface area contributed by atoms with E-state index in [-0.39, 0.29) is 11.5 Å². The molecule has 1 saturated heterocycles. The van der Waals surface area contributed by atoms with Crippen molar-refractivity contribution < 1.29 is 13.2 Å². The molecule has 124 valence electrons. The number of rotatable bonds is 3. The molecular weight excluding hydrogens is 318 g/mol. The summed E-state index contributed by atoms with van der Waals surface area (Å²) in [5.41, 5.74) is 0.0268. The number of ether oxygens (including phenoxy) is 1. The predicted octanol–water partition coefficient (Wildman–Crippen LogP) is 3.33. The summed E-state index contributed by atoms with van der Waals surface area (Å²) in [5.74, 6) is 0. The van der Waals surface area contributed by atoms with Gasteiger partial charge in [0.1, 0.15) is 0 Å². The maximum Gasteiger partial charge on any atom is 0.244 e. The van der Waals surface area contributed by atoms with Gasteiger partial charge in [-0.2, -0.15) is 4.31 Å². The zero-order chi connectivity index (χ0) is 16.0. The zero-order valence-corrected chi connectivity index (χ0v) is 15.2. The Balaban J connectivity index is 1.90. The lowest BCUT2D eigenvalue weighted by molar-refractivity contribution is -0.0184. The molecule has 2 aliphatic rings. The largest absolute Gasteiger partial charge is 0.381 e. The van der Waals surface area contributed by atoms with Crippen LogP contribution in [0, 0.1) is 19.3 Å². The van der Waals surface area contributed by atoms with Crippen molar-refractivity contribution in [3.05, 3.63) is 15.8 Å². The van der Waals surface area contributed by atoms with Crippen molar-refractivity contribution in [3.63, 3.8) is 0 Å². The smallest absolute Gasteiger partial charge is 0.244 e. The first-order valence-corrected chi connectivity index (χ1v) is 10.2. The van der Waals surface area contributed by atoms with Gasteiger partial charge in [-0.15, -0.1) is 11.3 Å². The van der Waals surface area contributed by atoms with Crippen molar-refractivity contribution >= 4 is 21.4 Å². The number of hydrogen-bond donors (Lipinski definition) is 0. The van der Waals surface area contributed by atoms with Crippen LogP contribution in [0.3, 0.4) is 0 Å². The Morgan fingerprint density at radius 1 is 1.32 bits per heavy atom. The molecule has 1 aromatic rings. The van der Waals surface area contributed by atoms with Crippen LogP contribution in [0.15, 0.2) is 11.0 Å². The predicted molar refractivity (Wildman–Crippen MR) is 88.9 cm³/mol. The van der Waals surface area contributed by atoms with Crippen molar-refractivity contribution in [2.45, 2.75) is 57.0 Å². The second-order valence-electron chi connectivity index (χ2n) is 6.70. The molecule has 0 unspecified atom stereocenters. The lowest BCUT2D eigenvalue weighted by Gasteiger charge is -2.43. The standard InChI is InChI=1S/C16H25NO3S2/c1-12-10-14(13(2)21-12)22(18,19)17-9-5-8-16(11-17)7-4-6-15(16)20-3/h10,15H,4-9,11H2,1-3H3/t15-,16+/m1/s1. The van der Waals surface area contributed by atoms with Gasteiger partial charge in [0.2, 0.25) is 10.0 Å². The molecule has 22 heavy (non-hydrogen) atoms. The van der Waals surface area contributed by atoms with Gasteiger partial charge >= 0.3 is 0 Å². The number of hydrogen-bond acceptors (Lipinski definition) is 4. The summed E-state index contributed by atoms with van der Waals surface area (Å²) in [4.78, 5) is 2.45. The first-order chi connectivity index (χ1) is 10.4. The lowest BCUT2D eigenvalue weighted by Crippen LogP contribution is -2.49. The van der Waals surface area contributed by atoms with Crippen molar-refractivity contribution in [3.8, 4) is 0 Å². The third kappa shape index (κ3) is 2.64. The number of aryl methyl sites for hydroxylation is 2. The van der Waals surface area contributed by atoms with Crippen molar-refractivity contribution in [2.24, 2.45) is 5.41 Å². The average molecular weight is 344 g/mol. The molecule has 0 aromatic carbocycles. The van der Waals surface area contributed by atoms with Crippen LogP contribution in [0.2, 0.25) is 0 Å². The number of methoxy groups -OCH3 is 1. The fourth-order valence-electron chi connectivity index (χ4n) is 4.27. The molecule has 1 aromatic heterocycles. The van der Waals surface area contributed by atoms with Crippen LogP contribution < -0.4 is 0 Å². The van der Waals surface area contributed by atoms with E-state index in [2.05, 4.69) is 0 Å². The summed E-state index contributed by atoms with van der Waals surface area (Å²) in [7, 11) is -1.62. The first kappa shape index (κ1) is 16.4. The van der Waals surface area contributed by atoms with E-state index in [0.717, 1.165) is 41.9 Å². The molecule has 2 fully saturated rings. The maximum atomic E-state index is 13.0. The van der Waals surface area contributed by atoms with Gasteiger partial charge in [0, 0.05) is 35.4 Å². The highest BCUT2D eigenvalue weighted by molar-refractivity contribution is 7.89. The molecule has 1 aliphatic heterocycles. The SMILES string of the molecule is CO[C@@H]1CCC[C@@]12CCCN(S(=O)(=O)c1cc(C)sc1C)C2. The summed E-state index contributed by atoms with van der Waals surface area (Å²) in [6.07, 6.45) is 5.50. The highest BCUT2D eigenvalue weighted by Gasteiger charge is 2.48. The van der Waals surface area contributed by atoms with Gasteiger partial charge in [0.15, 0.2) is 0 Å². The second kappa shape index (κ2) is 5.89. The Hall–Kier alpha value is -0.430. The van der Waals surface area contributed by atoms with Gasteiger partial charge in [0.25, 0.3) is 0 Å². The Morgan fingerprint density at radius 3 is 2.68 bits per heavy atom. The molecule has 0 radical (unpaired) electrons. The van der Waals surface area contributed by atoms with E-state index in [1.165, 1.54) is 0 Å². The molecule has 1 spiro atoms. The van der Waals surface area contributed by atoms with Crippen LogP contribution in [0.25, 0.3) is 0 Å². The molecule has 2 heterocycles. The lowest BCUT2D eigenvalue weighted by atomic mass is 9.77. The van der Waals surface area contributed by atoms with Gasteiger partial charge in [-0.05, 0) is 45.6 Å². The van der Waals surface area contributed by atoms with Crippen molar-refractivity contribution in [1.29, 1.82) is 0 Å². The monoisotopic (exact) mass is 343 g/mol. The molecule has 6 heteroatoms. The van der Waals surface area contributed by atoms with E-state index in [4.69, 9.17) is 4.74 Å². The molecule has 1 aliphatic carbocycles. The van der Waals surface area contributed by atoms with Crippen molar-refractivity contribution in [2.75, 3.05) is 20.2 Å². The van der Waals surface area contributed by atoms with E-state index < -0.39 is 10.0 Å². The highest BCUT2D eigenvalue weighted by atomic mass is 32.2. The summed E-state index contributed by atoms with van der Waals surface area (Å²) < 4.78 is 33.5. The van der Waals surface area contributed by atoms with E-state index in [1.807, 2.05) is 19.9 Å². The highest BCUT2D eigenvalue weighted by Crippen LogP contribution is 2.47. The number of thiophene rings is 1. The summed E-state index contributed by atoms with van der Waals surface area (Å²) in [5, 5.41) is 0. The number of sulfonamides is 1. The quantitative estimate of drug-likeness (QED) is 0.846. The van der Waals surface area contributed by atoms with E-state index in [0.29, 0.717) is 18.0 Å². The van der Waals surface area contributed by atoms with Crippen LogP contribution in [-0.2, 0) is 14.8 Å². The fraction of sp³-hybridized carbons (Fsp3) is 0.750. The van der Waals surface area contributed by atoms with E-state index in [1.54, 1.807) is 22.8 Å². The van der Waals surface area contributed by atoms with Crippen LogP contribution >= 0.6 is 11.3 Å². The van der Waals surface area contributed by atoms with Gasteiger partial charge in [-0.3, -0.25) is 0 Å². The third-order valence-electron chi connectivity index (χ3n) is 5.30. The minimum absolute atomic E-state index is 0.0268. The Labute approximate surface area is 137 Å². The summed E-state index contributed by atoms with van der Waals surface area (Å²) in [6, 6.07) is 1.82. The van der Waals surface area contributed by atoms with Gasteiger partial charge in [0.05, 0.1) is 11.0 Å². The average Bonchev–Trinajstić information content (AvgIpc) is 3.02. The van der Waals surface area contributed by atoms with Gasteiger partial charge < -0.3 is 4.74 Å². The van der Waals surface area contributed by atoms with Crippen molar-refractivity contribution in [1.82, 2.24) is 4.31 Å². The van der Waals surface area contributed by atoms with E-state index in [9.17, 15) is 8.42 Å². The Morgan fingerprint density at radius 2 is 2.05 bits per heavy atom.